The standard InChI is InChI=1S/C43H68N10O11/c1-21(2)16-28-43(63)64-25(9)33(45)39(59)48-27(18-30(44)54)37(57)52-36(24(7)8)42(62)53(10)29(17-26-14-12-11-13-15-26)38(58)51-34(22(3)4)40(60)47-19-31(55)46-20-32(56)50-35(23(5)6)41(61)49-28/h11-15,21-25,27-29,33-36H,16-20,45H2,1-10H3,(H2,44,54)(H,46,55)(H,47,60)(H,48,59)(H,49,61)(H,50,56)(H,51,58)(H,52,57)/t25-,27-,28-,29+,33-,34+,35-,36+/m1/s1. The number of likely N-dealkylation sites (N-methyl/N-ethyl adjacent to an activating group) is 1. The number of rotatable bonds is 9. The fraction of sp³-hybridized carbons (Fsp3) is 0.628. The molecule has 1 heterocycles. The third-order valence-electron chi connectivity index (χ3n) is 10.5. The summed E-state index contributed by atoms with van der Waals surface area (Å²) in [6.45, 7) is 13.6. The van der Waals surface area contributed by atoms with Gasteiger partial charge in [0, 0.05) is 13.5 Å². The number of amides is 9. The van der Waals surface area contributed by atoms with E-state index in [0.717, 1.165) is 4.90 Å². The Kier molecular flexibility index (Phi) is 21.3. The molecule has 64 heavy (non-hydrogen) atoms. The van der Waals surface area contributed by atoms with Gasteiger partial charge < -0.3 is 58.3 Å². The molecule has 9 amide bonds. The molecule has 0 aliphatic carbocycles. The summed E-state index contributed by atoms with van der Waals surface area (Å²) < 4.78 is 5.53. The summed E-state index contributed by atoms with van der Waals surface area (Å²) >= 11 is 0. The van der Waals surface area contributed by atoms with Crippen LogP contribution in [0.1, 0.15) is 80.7 Å². The highest BCUT2D eigenvalue weighted by Gasteiger charge is 2.39. The van der Waals surface area contributed by atoms with E-state index in [1.165, 1.54) is 14.0 Å². The Morgan fingerprint density at radius 3 is 1.75 bits per heavy atom. The van der Waals surface area contributed by atoms with Crippen molar-refractivity contribution in [3.63, 3.8) is 0 Å². The summed E-state index contributed by atoms with van der Waals surface area (Å²) in [5.74, 6) is -10.2. The summed E-state index contributed by atoms with van der Waals surface area (Å²) in [5, 5.41) is 17.6. The molecule has 1 aliphatic heterocycles. The van der Waals surface area contributed by atoms with E-state index in [2.05, 4.69) is 37.2 Å². The molecule has 8 atom stereocenters. The van der Waals surface area contributed by atoms with Crippen LogP contribution in [-0.2, 0) is 59.1 Å². The molecule has 1 fully saturated rings. The van der Waals surface area contributed by atoms with Gasteiger partial charge >= 0.3 is 5.97 Å². The SMILES string of the molecule is CC(C)C[C@H]1NC(=O)[C@@H](C(C)C)NC(=O)CNC(=O)CNC(=O)[C@H](C(C)C)NC(=O)[C@H](Cc2ccccc2)N(C)C(=O)[C@H](C(C)C)NC(=O)[C@@H](CC(N)=O)NC(=O)[C@H](N)[C@@H](C)OC1=O. The quantitative estimate of drug-likeness (QED) is 0.120. The average Bonchev–Trinajstić information content (AvgIpc) is 3.21. The van der Waals surface area contributed by atoms with Crippen LogP contribution in [0.5, 0.6) is 0 Å². The molecular weight excluding hydrogens is 833 g/mol. The third kappa shape index (κ3) is 16.9. The van der Waals surface area contributed by atoms with Gasteiger partial charge in [0.25, 0.3) is 0 Å². The first-order valence-electron chi connectivity index (χ1n) is 21.4. The number of cyclic esters (lactones) is 1. The zero-order valence-corrected chi connectivity index (χ0v) is 38.4. The van der Waals surface area contributed by atoms with Crippen molar-refractivity contribution >= 4 is 59.1 Å². The van der Waals surface area contributed by atoms with Crippen LogP contribution in [0.3, 0.4) is 0 Å². The number of hydrogen-bond donors (Lipinski definition) is 9. The van der Waals surface area contributed by atoms with Crippen LogP contribution in [-0.4, -0.2) is 133 Å². The second-order valence-electron chi connectivity index (χ2n) is 17.5. The molecule has 11 N–H and O–H groups in total. The first-order valence-corrected chi connectivity index (χ1v) is 21.4. The van der Waals surface area contributed by atoms with Gasteiger partial charge in [0.1, 0.15) is 48.4 Å². The molecule has 1 saturated heterocycles. The van der Waals surface area contributed by atoms with Crippen molar-refractivity contribution < 1.29 is 52.7 Å². The van der Waals surface area contributed by atoms with Gasteiger partial charge in [-0.25, -0.2) is 4.79 Å². The number of hydrogen-bond acceptors (Lipinski definition) is 12. The van der Waals surface area contributed by atoms with Crippen molar-refractivity contribution in [2.45, 2.75) is 130 Å². The molecular formula is C43H68N10O11. The van der Waals surface area contributed by atoms with Crippen LogP contribution >= 0.6 is 0 Å². The second-order valence-corrected chi connectivity index (χ2v) is 17.5. The average molecular weight is 901 g/mol. The number of ether oxygens (including phenoxy) is 1. The Bertz CT molecular complexity index is 1840. The molecule has 0 aromatic heterocycles. The van der Waals surface area contributed by atoms with Gasteiger partial charge in [-0.15, -0.1) is 0 Å². The van der Waals surface area contributed by atoms with E-state index in [1.54, 1.807) is 85.7 Å². The Morgan fingerprint density at radius 1 is 0.672 bits per heavy atom. The Morgan fingerprint density at radius 2 is 1.20 bits per heavy atom. The van der Waals surface area contributed by atoms with Gasteiger partial charge in [0.05, 0.1) is 19.5 Å². The maximum absolute atomic E-state index is 14.3. The molecule has 1 aromatic carbocycles. The lowest BCUT2D eigenvalue weighted by atomic mass is 9.97. The summed E-state index contributed by atoms with van der Waals surface area (Å²) in [5.41, 5.74) is 12.3. The summed E-state index contributed by atoms with van der Waals surface area (Å²) in [6, 6.07) is -0.770. The maximum atomic E-state index is 14.3. The lowest BCUT2D eigenvalue weighted by Gasteiger charge is -2.34. The van der Waals surface area contributed by atoms with E-state index in [4.69, 9.17) is 16.2 Å². The first-order chi connectivity index (χ1) is 29.8. The van der Waals surface area contributed by atoms with Crippen LogP contribution in [0.2, 0.25) is 0 Å². The molecule has 0 saturated carbocycles. The van der Waals surface area contributed by atoms with Crippen molar-refractivity contribution in [1.82, 2.24) is 42.1 Å². The predicted molar refractivity (Wildman–Crippen MR) is 234 cm³/mol. The van der Waals surface area contributed by atoms with Gasteiger partial charge in [-0.05, 0) is 42.6 Å². The normalized spacial score (nSPS) is 26.2. The van der Waals surface area contributed by atoms with E-state index >= 15 is 0 Å². The molecule has 21 heteroatoms. The molecule has 1 aliphatic rings. The lowest BCUT2D eigenvalue weighted by Crippen LogP contribution is -2.61. The van der Waals surface area contributed by atoms with E-state index in [9.17, 15) is 47.9 Å². The second kappa shape index (κ2) is 25.2. The zero-order chi connectivity index (χ0) is 48.6. The van der Waals surface area contributed by atoms with Gasteiger partial charge in [-0.1, -0.05) is 85.7 Å². The van der Waals surface area contributed by atoms with Crippen molar-refractivity contribution in [2.75, 3.05) is 20.1 Å². The van der Waals surface area contributed by atoms with Crippen LogP contribution in [0.25, 0.3) is 0 Å². The van der Waals surface area contributed by atoms with E-state index < -0.39 is 145 Å². The minimum Gasteiger partial charge on any atom is -0.459 e. The monoisotopic (exact) mass is 901 g/mol. The Balaban J connectivity index is 2.63. The number of carbonyl (C=O) groups excluding carboxylic acids is 10. The largest absolute Gasteiger partial charge is 0.459 e. The van der Waals surface area contributed by atoms with Gasteiger partial charge in [0.15, 0.2) is 0 Å². The molecule has 0 unspecified atom stereocenters. The van der Waals surface area contributed by atoms with E-state index in [0.29, 0.717) is 5.56 Å². The number of carbonyl (C=O) groups is 10. The van der Waals surface area contributed by atoms with Gasteiger partial charge in [-0.2, -0.15) is 0 Å². The fourth-order valence-electron chi connectivity index (χ4n) is 6.62. The fourth-order valence-corrected chi connectivity index (χ4v) is 6.62. The van der Waals surface area contributed by atoms with Gasteiger partial charge in [0.2, 0.25) is 53.2 Å². The molecule has 21 nitrogen and oxygen atoms in total. The number of primary amides is 1. The van der Waals surface area contributed by atoms with Crippen molar-refractivity contribution in [3.05, 3.63) is 35.9 Å². The number of nitrogens with one attached hydrogen (secondary N) is 7. The van der Waals surface area contributed by atoms with Crippen LogP contribution < -0.4 is 48.7 Å². The summed E-state index contributed by atoms with van der Waals surface area (Å²) in [4.78, 5) is 135. The molecule has 2 rings (SSSR count). The number of esters is 1. The number of benzene rings is 1. The van der Waals surface area contributed by atoms with Crippen LogP contribution in [0, 0.1) is 23.7 Å². The van der Waals surface area contributed by atoms with Gasteiger partial charge in [-0.3, -0.25) is 43.2 Å². The molecule has 1 aromatic rings. The highest BCUT2D eigenvalue weighted by atomic mass is 16.5. The highest BCUT2D eigenvalue weighted by Crippen LogP contribution is 2.16. The van der Waals surface area contributed by atoms with E-state index in [-0.39, 0.29) is 18.8 Å². The zero-order valence-electron chi connectivity index (χ0n) is 38.4. The number of nitrogens with zero attached hydrogens (tertiary/aromatic N) is 1. The van der Waals surface area contributed by atoms with Crippen LogP contribution in [0.4, 0.5) is 0 Å². The van der Waals surface area contributed by atoms with Crippen molar-refractivity contribution in [2.24, 2.45) is 35.1 Å². The number of nitrogens with two attached hydrogens (primary N) is 2. The maximum Gasteiger partial charge on any atom is 0.328 e. The minimum atomic E-state index is -1.66. The van der Waals surface area contributed by atoms with E-state index in [1.807, 2.05) is 0 Å². The van der Waals surface area contributed by atoms with Crippen molar-refractivity contribution in [1.29, 1.82) is 0 Å². The first kappa shape index (κ1) is 54.0. The highest BCUT2D eigenvalue weighted by molar-refractivity contribution is 5.98. The topological polar surface area (TPSA) is 319 Å². The predicted octanol–water partition coefficient (Wildman–Crippen LogP) is -2.13. The molecule has 0 spiro atoms. The van der Waals surface area contributed by atoms with Crippen molar-refractivity contribution in [3.8, 4) is 0 Å². The third-order valence-corrected chi connectivity index (χ3v) is 10.5. The molecule has 356 valence electrons. The lowest BCUT2D eigenvalue weighted by molar-refractivity contribution is -0.155. The minimum absolute atomic E-state index is 0.0247. The summed E-state index contributed by atoms with van der Waals surface area (Å²) in [6.07, 6.45) is -2.01. The molecule has 0 bridgehead atoms. The smallest absolute Gasteiger partial charge is 0.328 e. The Hall–Kier alpha value is -6.12. The Labute approximate surface area is 374 Å². The van der Waals surface area contributed by atoms with Crippen LogP contribution in [0.15, 0.2) is 30.3 Å². The summed E-state index contributed by atoms with van der Waals surface area (Å²) in [7, 11) is 1.35. The molecule has 0 radical (unpaired) electrons.